The lowest BCUT2D eigenvalue weighted by Crippen LogP contribution is -2.50. The van der Waals surface area contributed by atoms with E-state index in [1.54, 1.807) is 13.0 Å². The maximum absolute atomic E-state index is 14.1. The Morgan fingerprint density at radius 1 is 1.34 bits per heavy atom. The first-order chi connectivity index (χ1) is 13.8. The van der Waals surface area contributed by atoms with Gasteiger partial charge in [0.1, 0.15) is 0 Å². The zero-order chi connectivity index (χ0) is 21.1. The molecule has 2 aliphatic rings. The molecule has 1 aromatic heterocycles. The number of hydrogen-bond donors (Lipinski definition) is 2. The van der Waals surface area contributed by atoms with Gasteiger partial charge in [0, 0.05) is 18.8 Å². The number of ketones is 1. The monoisotopic (exact) mass is 410 g/mol. The third-order valence-corrected chi connectivity index (χ3v) is 5.56. The summed E-state index contributed by atoms with van der Waals surface area (Å²) in [6.07, 6.45) is 5.57. The number of nitrogens with zero attached hydrogens (tertiary/aromatic N) is 2. The molecule has 0 saturated heterocycles. The molecule has 29 heavy (non-hydrogen) atoms. The van der Waals surface area contributed by atoms with Gasteiger partial charge in [0.25, 0.3) is 11.8 Å². The largest absolute Gasteiger partial charge is 0.418 e. The van der Waals surface area contributed by atoms with Gasteiger partial charge in [0.15, 0.2) is 0 Å². The number of allylic oxidation sites excluding steroid dienone is 1. The lowest BCUT2D eigenvalue weighted by Gasteiger charge is -2.36. The fraction of sp³-hybridized carbons (Fsp3) is 0.700. The van der Waals surface area contributed by atoms with Crippen LogP contribution >= 0.6 is 0 Å². The molecule has 1 amide bonds. The fourth-order valence-corrected chi connectivity index (χ4v) is 3.71. The molecule has 0 aliphatic heterocycles. The first kappa shape index (κ1) is 21.5. The first-order valence-corrected chi connectivity index (χ1v) is 10.2. The maximum atomic E-state index is 14.1. The molecule has 7 nitrogen and oxygen atoms in total. The second-order valence-electron chi connectivity index (χ2n) is 8.06. The number of Topliss-reactive ketones (excluding diaryl/α,β-unsaturated/α-hetero) is 1. The van der Waals surface area contributed by atoms with Crippen molar-refractivity contribution in [2.75, 3.05) is 6.54 Å². The van der Waals surface area contributed by atoms with E-state index in [4.69, 9.17) is 10.2 Å². The lowest BCUT2D eigenvalue weighted by atomic mass is 9.72. The number of nitrogens with one attached hydrogen (secondary N) is 1. The van der Waals surface area contributed by atoms with Crippen LogP contribution in [0.5, 0.6) is 0 Å². The van der Waals surface area contributed by atoms with Crippen LogP contribution in [0.25, 0.3) is 0 Å². The Morgan fingerprint density at radius 3 is 2.72 bits per heavy atom. The van der Waals surface area contributed by atoms with Gasteiger partial charge in [-0.3, -0.25) is 9.59 Å². The average Bonchev–Trinajstić information content (AvgIpc) is 3.41. The smallest absolute Gasteiger partial charge is 0.286 e. The summed E-state index contributed by atoms with van der Waals surface area (Å²) in [6, 6.07) is -0.912. The number of halogens is 2. The summed E-state index contributed by atoms with van der Waals surface area (Å²) < 4.78 is 33.7. The summed E-state index contributed by atoms with van der Waals surface area (Å²) in [5.74, 6) is -3.55. The van der Waals surface area contributed by atoms with E-state index in [0.29, 0.717) is 25.3 Å². The van der Waals surface area contributed by atoms with E-state index in [1.807, 2.05) is 0 Å². The highest BCUT2D eigenvalue weighted by atomic mass is 19.3. The molecular weight excluding hydrogens is 382 g/mol. The van der Waals surface area contributed by atoms with Gasteiger partial charge in [-0.05, 0) is 38.6 Å². The van der Waals surface area contributed by atoms with E-state index in [9.17, 15) is 18.4 Å². The quantitative estimate of drug-likeness (QED) is 0.348. The molecule has 3 N–H and O–H groups in total. The predicted octanol–water partition coefficient (Wildman–Crippen LogP) is 3.13. The van der Waals surface area contributed by atoms with E-state index in [2.05, 4.69) is 15.5 Å². The summed E-state index contributed by atoms with van der Waals surface area (Å²) in [6.45, 7) is 2.15. The highest BCUT2D eigenvalue weighted by Crippen LogP contribution is 2.44. The molecule has 9 heteroatoms. The molecule has 1 fully saturated rings. The van der Waals surface area contributed by atoms with Gasteiger partial charge < -0.3 is 15.5 Å². The molecule has 3 rings (SSSR count). The predicted molar refractivity (Wildman–Crippen MR) is 101 cm³/mol. The second kappa shape index (κ2) is 8.69. The highest BCUT2D eigenvalue weighted by Gasteiger charge is 2.48. The van der Waals surface area contributed by atoms with Crippen LogP contribution in [0.3, 0.4) is 0 Å². The Bertz CT molecular complexity index is 776. The number of amides is 1. The van der Waals surface area contributed by atoms with Gasteiger partial charge in [-0.2, -0.15) is 0 Å². The SMILES string of the molecule is CCC(NC(=O)C1(CCCCN)C=CCC(F)(F)C1)C(=O)c1nnc(C2CC2)o1. The Labute approximate surface area is 168 Å². The fourth-order valence-electron chi connectivity index (χ4n) is 3.71. The van der Waals surface area contributed by atoms with Crippen molar-refractivity contribution in [2.24, 2.45) is 11.1 Å². The minimum absolute atomic E-state index is 0.152. The number of alkyl halides is 2. The number of hydrogen-bond acceptors (Lipinski definition) is 6. The van der Waals surface area contributed by atoms with Crippen LogP contribution in [0.1, 0.15) is 80.8 Å². The Kier molecular flexibility index (Phi) is 6.45. The minimum Gasteiger partial charge on any atom is -0.418 e. The topological polar surface area (TPSA) is 111 Å². The van der Waals surface area contributed by atoms with Crippen molar-refractivity contribution in [1.82, 2.24) is 15.5 Å². The van der Waals surface area contributed by atoms with Gasteiger partial charge in [0.05, 0.1) is 11.5 Å². The minimum atomic E-state index is -2.97. The van der Waals surface area contributed by atoms with Crippen LogP contribution in [-0.2, 0) is 4.79 Å². The third-order valence-electron chi connectivity index (χ3n) is 5.56. The Balaban J connectivity index is 1.74. The molecule has 1 saturated carbocycles. The lowest BCUT2D eigenvalue weighted by molar-refractivity contribution is -0.136. The summed E-state index contributed by atoms with van der Waals surface area (Å²) >= 11 is 0. The van der Waals surface area contributed by atoms with Crippen molar-refractivity contribution in [3.63, 3.8) is 0 Å². The molecule has 0 bridgehead atoms. The molecule has 2 aliphatic carbocycles. The maximum Gasteiger partial charge on any atom is 0.286 e. The number of carbonyl (C=O) groups is 2. The molecular formula is C20H28F2N4O3. The molecule has 0 spiro atoms. The van der Waals surface area contributed by atoms with E-state index >= 15 is 0 Å². The van der Waals surface area contributed by atoms with Crippen molar-refractivity contribution in [2.45, 2.75) is 76.2 Å². The normalized spacial score (nSPS) is 24.3. The van der Waals surface area contributed by atoms with E-state index in [0.717, 1.165) is 12.8 Å². The summed E-state index contributed by atoms with van der Waals surface area (Å²) in [5, 5.41) is 10.4. The second-order valence-corrected chi connectivity index (χ2v) is 8.06. The summed E-state index contributed by atoms with van der Waals surface area (Å²) in [4.78, 5) is 25.8. The van der Waals surface area contributed by atoms with Crippen molar-refractivity contribution in [1.29, 1.82) is 0 Å². The van der Waals surface area contributed by atoms with Crippen LogP contribution in [-0.4, -0.2) is 40.4 Å². The van der Waals surface area contributed by atoms with E-state index < -0.39 is 35.5 Å². The van der Waals surface area contributed by atoms with Gasteiger partial charge in [0.2, 0.25) is 17.6 Å². The van der Waals surface area contributed by atoms with Gasteiger partial charge in [-0.15, -0.1) is 10.2 Å². The molecule has 2 atom stereocenters. The number of carbonyl (C=O) groups excluding carboxylic acids is 2. The van der Waals surface area contributed by atoms with Crippen molar-refractivity contribution >= 4 is 11.7 Å². The third kappa shape index (κ3) is 5.07. The standard InChI is InChI=1S/C20H28F2N4O3/c1-2-14(15(27)17-26-25-16(29-17)13-6-7-13)24-18(28)19(8-3-4-11-23)9-5-10-20(21,22)12-19/h5,9,13-14H,2-4,6-8,10-12,23H2,1H3,(H,24,28). The van der Waals surface area contributed by atoms with Gasteiger partial charge in [-0.25, -0.2) is 8.78 Å². The van der Waals surface area contributed by atoms with E-state index in [-0.39, 0.29) is 31.1 Å². The van der Waals surface area contributed by atoms with Crippen LogP contribution in [0.15, 0.2) is 16.6 Å². The molecule has 2 unspecified atom stereocenters. The summed E-state index contributed by atoms with van der Waals surface area (Å²) in [7, 11) is 0. The Morgan fingerprint density at radius 2 is 2.10 bits per heavy atom. The number of rotatable bonds is 10. The first-order valence-electron chi connectivity index (χ1n) is 10.2. The van der Waals surface area contributed by atoms with Crippen molar-refractivity contribution < 1.29 is 22.8 Å². The van der Waals surface area contributed by atoms with Crippen LogP contribution < -0.4 is 11.1 Å². The number of nitrogens with two attached hydrogens (primary N) is 1. The summed E-state index contributed by atoms with van der Waals surface area (Å²) in [5.41, 5.74) is 4.15. The van der Waals surface area contributed by atoms with Gasteiger partial charge in [-0.1, -0.05) is 25.5 Å². The van der Waals surface area contributed by atoms with E-state index in [1.165, 1.54) is 6.08 Å². The van der Waals surface area contributed by atoms with Crippen LogP contribution in [0.2, 0.25) is 0 Å². The number of unbranched alkanes of at least 4 members (excludes halogenated alkanes) is 1. The molecule has 0 aromatic carbocycles. The zero-order valence-electron chi connectivity index (χ0n) is 16.6. The average molecular weight is 410 g/mol. The zero-order valence-corrected chi connectivity index (χ0v) is 16.6. The van der Waals surface area contributed by atoms with Crippen LogP contribution in [0.4, 0.5) is 8.78 Å². The molecule has 160 valence electrons. The van der Waals surface area contributed by atoms with Crippen LogP contribution in [0, 0.1) is 5.41 Å². The van der Waals surface area contributed by atoms with Crippen molar-refractivity contribution in [3.05, 3.63) is 23.9 Å². The number of aromatic nitrogens is 2. The molecule has 0 radical (unpaired) electrons. The highest BCUT2D eigenvalue weighted by molar-refractivity contribution is 5.99. The van der Waals surface area contributed by atoms with Gasteiger partial charge >= 0.3 is 0 Å². The molecule has 1 aromatic rings. The Hall–Kier alpha value is -2.16. The van der Waals surface area contributed by atoms with Crippen molar-refractivity contribution in [3.8, 4) is 0 Å². The molecule has 1 heterocycles.